The molecule has 0 atom stereocenters. The summed E-state index contributed by atoms with van der Waals surface area (Å²) in [4.78, 5) is 11.4. The van der Waals surface area contributed by atoms with Gasteiger partial charge in [-0.05, 0) is 13.0 Å². The lowest BCUT2D eigenvalue weighted by Gasteiger charge is -2.00. The molecule has 0 amide bonds. The quantitative estimate of drug-likeness (QED) is 0.740. The van der Waals surface area contributed by atoms with Crippen LogP contribution in [0.4, 0.5) is 0 Å². The van der Waals surface area contributed by atoms with Gasteiger partial charge in [0.15, 0.2) is 0 Å². The Hall–Kier alpha value is -1.36. The Morgan fingerprint density at radius 1 is 1.57 bits per heavy atom. The smallest absolute Gasteiger partial charge is 0.300 e. The van der Waals surface area contributed by atoms with Gasteiger partial charge in [-0.2, -0.15) is 5.10 Å². The molecule has 0 unspecified atom stereocenters. The Bertz CT molecular complexity index is 494. The summed E-state index contributed by atoms with van der Waals surface area (Å²) >= 11 is 1.21. The minimum atomic E-state index is 0.0730. The predicted molar refractivity (Wildman–Crippen MR) is 55.6 cm³/mol. The molecule has 2 aromatic heterocycles. The Morgan fingerprint density at radius 3 is 2.86 bits per heavy atom. The predicted octanol–water partition coefficient (Wildman–Crippen LogP) is 1.00. The van der Waals surface area contributed by atoms with E-state index in [4.69, 9.17) is 0 Å². The first-order chi connectivity index (χ1) is 6.66. The summed E-state index contributed by atoms with van der Waals surface area (Å²) in [5.74, 6) is 0. The van der Waals surface area contributed by atoms with Crippen molar-refractivity contribution in [1.29, 1.82) is 0 Å². The molecule has 0 aliphatic carbocycles. The van der Waals surface area contributed by atoms with Crippen molar-refractivity contribution in [2.24, 2.45) is 7.05 Å². The number of aromatic nitrogens is 3. The van der Waals surface area contributed by atoms with E-state index >= 15 is 0 Å². The third-order valence-corrected chi connectivity index (χ3v) is 2.77. The third kappa shape index (κ3) is 1.63. The minimum Gasteiger partial charge on any atom is -0.300 e. The summed E-state index contributed by atoms with van der Waals surface area (Å²) in [6.45, 7) is 2.54. The van der Waals surface area contributed by atoms with Crippen LogP contribution in [0.1, 0.15) is 11.4 Å². The van der Waals surface area contributed by atoms with Crippen molar-refractivity contribution in [3.8, 4) is 0 Å². The summed E-state index contributed by atoms with van der Waals surface area (Å²) in [5.41, 5.74) is 2.02. The number of rotatable bonds is 2. The zero-order chi connectivity index (χ0) is 10.1. The van der Waals surface area contributed by atoms with Gasteiger partial charge < -0.3 is 0 Å². The molecule has 0 fully saturated rings. The lowest BCUT2D eigenvalue weighted by molar-refractivity contribution is 0.659. The summed E-state index contributed by atoms with van der Waals surface area (Å²) in [6.07, 6.45) is 1.80. The molecule has 0 aromatic carbocycles. The number of thiazole rings is 1. The topological polar surface area (TPSA) is 39.8 Å². The maximum atomic E-state index is 11.3. The first kappa shape index (κ1) is 9.21. The molecule has 0 bridgehead atoms. The summed E-state index contributed by atoms with van der Waals surface area (Å²) in [7, 11) is 1.89. The van der Waals surface area contributed by atoms with Gasteiger partial charge in [0.25, 0.3) is 0 Å². The number of aryl methyl sites for hydroxylation is 2. The molecule has 2 rings (SSSR count). The fraction of sp³-hybridized carbons (Fsp3) is 0.333. The van der Waals surface area contributed by atoms with Crippen LogP contribution in [0.2, 0.25) is 0 Å². The first-order valence-corrected chi connectivity index (χ1v) is 5.18. The van der Waals surface area contributed by atoms with Crippen LogP contribution in [0.3, 0.4) is 0 Å². The van der Waals surface area contributed by atoms with Gasteiger partial charge >= 0.3 is 4.87 Å². The first-order valence-electron chi connectivity index (χ1n) is 4.30. The van der Waals surface area contributed by atoms with E-state index in [-0.39, 0.29) is 4.87 Å². The van der Waals surface area contributed by atoms with Crippen molar-refractivity contribution in [2.45, 2.75) is 13.5 Å². The van der Waals surface area contributed by atoms with Crippen LogP contribution < -0.4 is 4.87 Å². The molecule has 0 aliphatic rings. The molecular weight excluding hydrogens is 198 g/mol. The van der Waals surface area contributed by atoms with Crippen molar-refractivity contribution in [1.82, 2.24) is 14.3 Å². The van der Waals surface area contributed by atoms with Crippen LogP contribution in [0.15, 0.2) is 22.4 Å². The largest absolute Gasteiger partial charge is 0.307 e. The van der Waals surface area contributed by atoms with E-state index in [2.05, 4.69) is 5.10 Å². The second-order valence-electron chi connectivity index (χ2n) is 3.20. The SMILES string of the molecule is Cc1cc(Cn2ccsc2=O)n(C)n1. The van der Waals surface area contributed by atoms with Crippen molar-refractivity contribution >= 4 is 11.3 Å². The molecule has 0 saturated carbocycles. The van der Waals surface area contributed by atoms with E-state index in [1.165, 1.54) is 11.3 Å². The number of hydrogen-bond donors (Lipinski definition) is 0. The minimum absolute atomic E-state index is 0.0730. The molecule has 0 spiro atoms. The lowest BCUT2D eigenvalue weighted by atomic mass is 10.3. The van der Waals surface area contributed by atoms with Crippen molar-refractivity contribution in [3.05, 3.63) is 38.7 Å². The maximum Gasteiger partial charge on any atom is 0.307 e. The van der Waals surface area contributed by atoms with Gasteiger partial charge in [0.1, 0.15) is 0 Å². The van der Waals surface area contributed by atoms with Crippen molar-refractivity contribution in [2.75, 3.05) is 0 Å². The second-order valence-corrected chi connectivity index (χ2v) is 4.05. The average molecular weight is 209 g/mol. The Morgan fingerprint density at radius 2 is 2.36 bits per heavy atom. The van der Waals surface area contributed by atoms with E-state index in [1.54, 1.807) is 20.8 Å². The summed E-state index contributed by atoms with van der Waals surface area (Å²) in [5, 5.41) is 6.02. The normalized spacial score (nSPS) is 10.7. The fourth-order valence-corrected chi connectivity index (χ4v) is 1.98. The molecule has 5 heteroatoms. The van der Waals surface area contributed by atoms with E-state index in [0.717, 1.165) is 11.4 Å². The van der Waals surface area contributed by atoms with Gasteiger partial charge in [-0.25, -0.2) is 0 Å². The Kier molecular flexibility index (Phi) is 2.25. The highest BCUT2D eigenvalue weighted by molar-refractivity contribution is 7.07. The molecule has 0 saturated heterocycles. The van der Waals surface area contributed by atoms with Crippen LogP contribution in [0.25, 0.3) is 0 Å². The molecule has 0 aliphatic heterocycles. The lowest BCUT2D eigenvalue weighted by Crippen LogP contribution is -2.14. The molecule has 4 nitrogen and oxygen atoms in total. The maximum absolute atomic E-state index is 11.3. The van der Waals surface area contributed by atoms with Gasteiger partial charge in [0.05, 0.1) is 17.9 Å². The molecular formula is C9H11N3OS. The summed E-state index contributed by atoms with van der Waals surface area (Å²) < 4.78 is 3.49. The average Bonchev–Trinajstić information content (AvgIpc) is 2.62. The van der Waals surface area contributed by atoms with Gasteiger partial charge in [-0.1, -0.05) is 11.3 Å². The number of hydrogen-bond acceptors (Lipinski definition) is 3. The highest BCUT2D eigenvalue weighted by atomic mass is 32.1. The zero-order valence-electron chi connectivity index (χ0n) is 8.10. The van der Waals surface area contributed by atoms with Gasteiger partial charge in [0.2, 0.25) is 0 Å². The third-order valence-electron chi connectivity index (χ3n) is 2.08. The van der Waals surface area contributed by atoms with Crippen LogP contribution in [0.5, 0.6) is 0 Å². The molecule has 0 N–H and O–H groups in total. The zero-order valence-corrected chi connectivity index (χ0v) is 8.91. The molecule has 74 valence electrons. The highest BCUT2D eigenvalue weighted by Crippen LogP contribution is 2.03. The van der Waals surface area contributed by atoms with Gasteiger partial charge in [-0.3, -0.25) is 14.0 Å². The second kappa shape index (κ2) is 3.42. The highest BCUT2D eigenvalue weighted by Gasteiger charge is 2.04. The van der Waals surface area contributed by atoms with Crippen LogP contribution in [-0.4, -0.2) is 14.3 Å². The van der Waals surface area contributed by atoms with Crippen LogP contribution >= 0.6 is 11.3 Å². The van der Waals surface area contributed by atoms with Crippen LogP contribution in [-0.2, 0) is 13.6 Å². The Labute approximate surface area is 85.4 Å². The number of nitrogens with zero attached hydrogens (tertiary/aromatic N) is 3. The van der Waals surface area contributed by atoms with E-state index in [9.17, 15) is 4.79 Å². The monoisotopic (exact) mass is 209 g/mol. The van der Waals surface area contributed by atoms with Crippen molar-refractivity contribution < 1.29 is 0 Å². The summed E-state index contributed by atoms with van der Waals surface area (Å²) in [6, 6.07) is 1.99. The van der Waals surface area contributed by atoms with Gasteiger partial charge in [-0.15, -0.1) is 0 Å². The molecule has 2 heterocycles. The standard InChI is InChI=1S/C9H11N3OS/c1-7-5-8(11(2)10-7)6-12-3-4-14-9(12)13/h3-5H,6H2,1-2H3. The van der Waals surface area contributed by atoms with Crippen LogP contribution in [0, 0.1) is 6.92 Å². The molecule has 0 radical (unpaired) electrons. The van der Waals surface area contributed by atoms with E-state index in [0.29, 0.717) is 6.54 Å². The fourth-order valence-electron chi connectivity index (χ4n) is 1.39. The van der Waals surface area contributed by atoms with E-state index in [1.807, 2.05) is 20.0 Å². The Balaban J connectivity index is 2.31. The van der Waals surface area contributed by atoms with Crippen molar-refractivity contribution in [3.63, 3.8) is 0 Å². The molecule has 2 aromatic rings. The van der Waals surface area contributed by atoms with E-state index < -0.39 is 0 Å². The van der Waals surface area contributed by atoms with Gasteiger partial charge in [0, 0.05) is 18.6 Å². The molecule has 14 heavy (non-hydrogen) atoms.